The zero-order chi connectivity index (χ0) is 24.9. The highest BCUT2D eigenvalue weighted by molar-refractivity contribution is 5.99. The molecule has 1 saturated heterocycles. The van der Waals surface area contributed by atoms with E-state index in [2.05, 4.69) is 20.2 Å². The lowest BCUT2D eigenvalue weighted by atomic mass is 9.93. The number of fused-ring (bicyclic) bond motifs is 3. The van der Waals surface area contributed by atoms with Crippen molar-refractivity contribution in [2.24, 2.45) is 10.7 Å². The molecule has 2 aliphatic heterocycles. The number of amides is 1. The quantitative estimate of drug-likeness (QED) is 0.585. The molecule has 0 saturated carbocycles. The number of hydrogen-bond donors (Lipinski definition) is 2. The first kappa shape index (κ1) is 23.2. The smallest absolute Gasteiger partial charge is 0.384 e. The molecule has 0 spiro atoms. The van der Waals surface area contributed by atoms with Gasteiger partial charge in [-0.3, -0.25) is 19.2 Å². The molecule has 1 unspecified atom stereocenters. The zero-order valence-electron chi connectivity index (χ0n) is 18.9. The molecular weight excluding hydrogens is 463 g/mol. The van der Waals surface area contributed by atoms with E-state index < -0.39 is 29.6 Å². The molecule has 0 aliphatic carbocycles. The van der Waals surface area contributed by atoms with E-state index in [-0.39, 0.29) is 18.4 Å². The third kappa shape index (κ3) is 4.22. The fourth-order valence-electron chi connectivity index (χ4n) is 4.78. The Bertz CT molecular complexity index is 1350. The number of likely N-dealkylation sites (tertiary alicyclic amines) is 1. The molecule has 5 rings (SSSR count). The first-order chi connectivity index (χ1) is 16.6. The standard InChI is InChI=1S/C23H24F3N7O2/c1-12(34)22(35)32-6-4-13(5-7-32)21-31-30-19-11-28-17-3-2-14(9-18(17)33(19)21)15-8-16(23(24,25)26)20(27)29-10-15/h2-3,8-9,11-13,15,34H,4-7,10H2,1H3,(H2,27,29)/t12-,15?/m0/s1. The molecule has 4 heterocycles. The van der Waals surface area contributed by atoms with Crippen molar-refractivity contribution in [1.29, 1.82) is 0 Å². The average Bonchev–Trinajstić information content (AvgIpc) is 3.27. The first-order valence-corrected chi connectivity index (χ1v) is 11.3. The Labute approximate surface area is 198 Å². The average molecular weight is 487 g/mol. The van der Waals surface area contributed by atoms with Crippen LogP contribution in [0, 0.1) is 0 Å². The van der Waals surface area contributed by atoms with Gasteiger partial charge in [0.15, 0.2) is 5.65 Å². The van der Waals surface area contributed by atoms with Crippen LogP contribution < -0.4 is 5.73 Å². The number of alkyl halides is 3. The number of dihydropyridines is 1. The van der Waals surface area contributed by atoms with Crippen LogP contribution in [-0.2, 0) is 4.79 Å². The molecule has 184 valence electrons. The van der Waals surface area contributed by atoms with Gasteiger partial charge in [-0.1, -0.05) is 12.1 Å². The maximum Gasteiger partial charge on any atom is 0.419 e. The number of carbonyl (C=O) groups excluding carboxylic acids is 1. The van der Waals surface area contributed by atoms with Crippen molar-refractivity contribution in [3.05, 3.63) is 47.4 Å². The summed E-state index contributed by atoms with van der Waals surface area (Å²) < 4.78 is 42.0. The van der Waals surface area contributed by atoms with E-state index in [4.69, 9.17) is 5.73 Å². The third-order valence-electron chi connectivity index (χ3n) is 6.64. The molecular formula is C23H24F3N7O2. The Kier molecular flexibility index (Phi) is 5.70. The highest BCUT2D eigenvalue weighted by atomic mass is 19.4. The van der Waals surface area contributed by atoms with Crippen LogP contribution in [0.5, 0.6) is 0 Å². The van der Waals surface area contributed by atoms with Crippen LogP contribution in [0.25, 0.3) is 16.7 Å². The fourth-order valence-corrected chi connectivity index (χ4v) is 4.78. The Morgan fingerprint density at radius 1 is 1.23 bits per heavy atom. The highest BCUT2D eigenvalue weighted by Crippen LogP contribution is 2.34. The Morgan fingerprint density at radius 2 is 1.97 bits per heavy atom. The summed E-state index contributed by atoms with van der Waals surface area (Å²) in [6.45, 7) is 2.55. The van der Waals surface area contributed by atoms with Crippen molar-refractivity contribution in [3.8, 4) is 0 Å². The summed E-state index contributed by atoms with van der Waals surface area (Å²) in [7, 11) is 0. The second kappa shape index (κ2) is 8.59. The third-order valence-corrected chi connectivity index (χ3v) is 6.64. The van der Waals surface area contributed by atoms with E-state index in [1.165, 1.54) is 6.92 Å². The lowest BCUT2D eigenvalue weighted by Crippen LogP contribution is -2.42. The van der Waals surface area contributed by atoms with Crippen LogP contribution in [0.3, 0.4) is 0 Å². The van der Waals surface area contributed by atoms with Crippen LogP contribution in [0.15, 0.2) is 41.0 Å². The van der Waals surface area contributed by atoms with Gasteiger partial charge in [0.25, 0.3) is 5.91 Å². The van der Waals surface area contributed by atoms with Crippen molar-refractivity contribution in [2.45, 2.75) is 43.9 Å². The second-order valence-corrected chi connectivity index (χ2v) is 8.94. The van der Waals surface area contributed by atoms with Gasteiger partial charge in [-0.05, 0) is 37.5 Å². The van der Waals surface area contributed by atoms with Gasteiger partial charge in [-0.15, -0.1) is 10.2 Å². The molecule has 35 heavy (non-hydrogen) atoms. The molecule has 12 heteroatoms. The number of aliphatic hydroxyl groups excluding tert-OH is 1. The van der Waals surface area contributed by atoms with Crippen molar-refractivity contribution in [2.75, 3.05) is 19.6 Å². The Morgan fingerprint density at radius 3 is 2.66 bits per heavy atom. The SMILES string of the molecule is C[C@H](O)C(=O)N1CCC(c2nnc3cnc4ccc(C5C=C(C(F)(F)F)C(N)=NC5)cc4n23)CC1. The Balaban J connectivity index is 1.51. The molecule has 9 nitrogen and oxygen atoms in total. The summed E-state index contributed by atoms with van der Waals surface area (Å²) >= 11 is 0. The van der Waals surface area contributed by atoms with Gasteiger partial charge < -0.3 is 15.7 Å². The number of piperidine rings is 1. The van der Waals surface area contributed by atoms with E-state index >= 15 is 0 Å². The molecule has 1 fully saturated rings. The van der Waals surface area contributed by atoms with Crippen molar-refractivity contribution in [1.82, 2.24) is 24.5 Å². The van der Waals surface area contributed by atoms with Crippen LogP contribution in [0.2, 0.25) is 0 Å². The summed E-state index contributed by atoms with van der Waals surface area (Å²) in [5.41, 5.74) is 7.10. The monoisotopic (exact) mass is 487 g/mol. The predicted molar refractivity (Wildman–Crippen MR) is 122 cm³/mol. The number of carbonyl (C=O) groups is 1. The van der Waals surface area contributed by atoms with Crippen molar-refractivity contribution < 1.29 is 23.1 Å². The van der Waals surface area contributed by atoms with E-state index in [1.54, 1.807) is 29.3 Å². The summed E-state index contributed by atoms with van der Waals surface area (Å²) in [6, 6.07) is 5.32. The number of nitrogens with zero attached hydrogens (tertiary/aromatic N) is 6. The minimum atomic E-state index is -4.58. The lowest BCUT2D eigenvalue weighted by Gasteiger charge is -2.32. The van der Waals surface area contributed by atoms with Gasteiger partial charge in [0.1, 0.15) is 17.8 Å². The number of rotatable bonds is 3. The molecule has 3 aromatic rings. The first-order valence-electron chi connectivity index (χ1n) is 11.3. The molecule has 2 aliphatic rings. The summed E-state index contributed by atoms with van der Waals surface area (Å²) in [4.78, 5) is 22.1. The highest BCUT2D eigenvalue weighted by Gasteiger charge is 2.38. The van der Waals surface area contributed by atoms with Gasteiger partial charge in [0.2, 0.25) is 0 Å². The molecule has 1 aromatic carbocycles. The zero-order valence-corrected chi connectivity index (χ0v) is 18.9. The van der Waals surface area contributed by atoms with Gasteiger partial charge in [0, 0.05) is 24.9 Å². The summed E-state index contributed by atoms with van der Waals surface area (Å²) in [5, 5.41) is 18.2. The molecule has 2 aromatic heterocycles. The maximum absolute atomic E-state index is 13.4. The number of hydrogen-bond acceptors (Lipinski definition) is 7. The van der Waals surface area contributed by atoms with E-state index in [1.807, 2.05) is 4.40 Å². The van der Waals surface area contributed by atoms with Gasteiger partial charge in [-0.25, -0.2) is 0 Å². The number of benzene rings is 1. The van der Waals surface area contributed by atoms with Crippen molar-refractivity contribution >= 4 is 28.4 Å². The number of halogens is 3. The number of aromatic nitrogens is 4. The van der Waals surface area contributed by atoms with Gasteiger partial charge in [-0.2, -0.15) is 13.2 Å². The summed E-state index contributed by atoms with van der Waals surface area (Å²) in [5.74, 6) is -0.650. The predicted octanol–water partition coefficient (Wildman–Crippen LogP) is 2.31. The van der Waals surface area contributed by atoms with Gasteiger partial charge in [0.05, 0.1) is 29.3 Å². The minimum absolute atomic E-state index is 0.0214. The molecule has 0 radical (unpaired) electrons. The minimum Gasteiger partial charge on any atom is -0.384 e. The molecule has 1 amide bonds. The number of nitrogens with two attached hydrogens (primary N) is 1. The van der Waals surface area contributed by atoms with Crippen molar-refractivity contribution in [3.63, 3.8) is 0 Å². The van der Waals surface area contributed by atoms with Crippen LogP contribution >= 0.6 is 0 Å². The number of amidine groups is 1. The van der Waals surface area contributed by atoms with E-state index in [9.17, 15) is 23.1 Å². The number of aliphatic hydroxyl groups is 1. The van der Waals surface area contributed by atoms with Crippen LogP contribution in [-0.4, -0.2) is 73.2 Å². The summed E-state index contributed by atoms with van der Waals surface area (Å²) in [6.07, 6.45) is -1.59. The molecule has 3 N–H and O–H groups in total. The lowest BCUT2D eigenvalue weighted by molar-refractivity contribution is -0.140. The largest absolute Gasteiger partial charge is 0.419 e. The maximum atomic E-state index is 13.4. The number of aliphatic imine (C=N–C) groups is 1. The molecule has 0 bridgehead atoms. The van der Waals surface area contributed by atoms with Gasteiger partial charge >= 0.3 is 6.18 Å². The van der Waals surface area contributed by atoms with Crippen LogP contribution in [0.1, 0.15) is 43.0 Å². The fraction of sp³-hybridized carbons (Fsp3) is 0.435. The van der Waals surface area contributed by atoms with Crippen LogP contribution in [0.4, 0.5) is 13.2 Å². The van der Waals surface area contributed by atoms with E-state index in [0.29, 0.717) is 54.0 Å². The normalized spacial score (nSPS) is 20.7. The Hall–Kier alpha value is -3.54. The van der Waals surface area contributed by atoms with E-state index in [0.717, 1.165) is 6.08 Å². The topological polar surface area (TPSA) is 122 Å². The second-order valence-electron chi connectivity index (χ2n) is 8.94. The molecule has 2 atom stereocenters.